The van der Waals surface area contributed by atoms with E-state index < -0.39 is 17.0 Å². The van der Waals surface area contributed by atoms with Crippen LogP contribution in [0.25, 0.3) is 10.4 Å². The third-order valence-electron chi connectivity index (χ3n) is 6.09. The molecule has 0 saturated carbocycles. The number of ether oxygens (including phenoxy) is 3. The van der Waals surface area contributed by atoms with E-state index in [1.54, 1.807) is 43.3 Å². The highest BCUT2D eigenvalue weighted by molar-refractivity contribution is 7.86. The van der Waals surface area contributed by atoms with Crippen LogP contribution in [0.3, 0.4) is 0 Å². The minimum Gasteiger partial charge on any atom is -0.495 e. The van der Waals surface area contributed by atoms with Crippen molar-refractivity contribution in [2.75, 3.05) is 37.0 Å². The van der Waals surface area contributed by atoms with Crippen molar-refractivity contribution in [1.29, 1.82) is 0 Å². The summed E-state index contributed by atoms with van der Waals surface area (Å²) in [5, 5.41) is 3.47. The van der Waals surface area contributed by atoms with E-state index in [2.05, 4.69) is 15.0 Å². The number of nitrogens with zero attached hydrogens (tertiary/aromatic N) is 1. The van der Waals surface area contributed by atoms with Crippen LogP contribution in [0.5, 0.6) is 5.75 Å². The van der Waals surface area contributed by atoms with Crippen molar-refractivity contribution >= 4 is 45.0 Å². The molecule has 1 saturated heterocycles. The minimum absolute atomic E-state index is 0.0492. The fourth-order valence-corrected chi connectivity index (χ4v) is 6.12. The van der Waals surface area contributed by atoms with Gasteiger partial charge in [0.15, 0.2) is 16.1 Å². The van der Waals surface area contributed by atoms with Crippen LogP contribution < -0.4 is 14.8 Å². The first-order valence-electron chi connectivity index (χ1n) is 12.4. The van der Waals surface area contributed by atoms with Gasteiger partial charge in [0.1, 0.15) is 10.6 Å². The van der Waals surface area contributed by atoms with Crippen LogP contribution in [0.2, 0.25) is 0 Å². The molecule has 2 heterocycles. The van der Waals surface area contributed by atoms with Gasteiger partial charge in [0.05, 0.1) is 29.9 Å². The van der Waals surface area contributed by atoms with Gasteiger partial charge >= 0.3 is 5.97 Å². The predicted molar refractivity (Wildman–Crippen MR) is 148 cm³/mol. The van der Waals surface area contributed by atoms with Crippen molar-refractivity contribution in [2.45, 2.75) is 38.0 Å². The Labute approximate surface area is 228 Å². The van der Waals surface area contributed by atoms with Gasteiger partial charge in [0, 0.05) is 25.3 Å². The predicted octanol–water partition coefficient (Wildman–Crippen LogP) is 5.19. The van der Waals surface area contributed by atoms with Crippen LogP contribution in [0.4, 0.5) is 10.8 Å². The first kappa shape index (κ1) is 27.7. The summed E-state index contributed by atoms with van der Waals surface area (Å²) < 4.78 is 32.1. The molecule has 0 radical (unpaired) electrons. The molecule has 1 unspecified atom stereocenters. The summed E-state index contributed by atoms with van der Waals surface area (Å²) >= 11 is 1.38. The molecule has 9 nitrogen and oxygen atoms in total. The summed E-state index contributed by atoms with van der Waals surface area (Å²) in [4.78, 5) is 30.3. The van der Waals surface area contributed by atoms with Gasteiger partial charge < -0.3 is 24.2 Å². The number of rotatable bonds is 10. The number of amides is 1. The minimum atomic E-state index is -1.65. The highest BCUT2D eigenvalue weighted by atomic mass is 32.2. The fraction of sp³-hybridized carbons (Fsp3) is 0.370. The van der Waals surface area contributed by atoms with E-state index >= 15 is 0 Å². The number of nitrogens with one attached hydrogen (secondary N) is 2. The second-order valence-electron chi connectivity index (χ2n) is 8.78. The molecule has 4 rings (SSSR count). The van der Waals surface area contributed by atoms with E-state index in [9.17, 15) is 13.8 Å². The maximum Gasteiger partial charge on any atom is 0.338 e. The molecule has 3 aromatic rings. The summed E-state index contributed by atoms with van der Waals surface area (Å²) in [6, 6.07) is 12.0. The lowest BCUT2D eigenvalue weighted by atomic mass is 9.96. The number of aromatic nitrogens is 1. The molecule has 11 heteroatoms. The zero-order valence-corrected chi connectivity index (χ0v) is 23.2. The molecular weight excluding hydrogens is 526 g/mol. The number of carbonyl (C=O) groups is 2. The lowest BCUT2D eigenvalue weighted by Gasteiger charge is -2.20. The van der Waals surface area contributed by atoms with Crippen molar-refractivity contribution in [2.24, 2.45) is 5.92 Å². The Hall–Kier alpha value is -3.28. The van der Waals surface area contributed by atoms with Crippen molar-refractivity contribution in [3.63, 3.8) is 0 Å². The number of thiazole rings is 1. The molecule has 2 N–H and O–H groups in total. The fourth-order valence-electron chi connectivity index (χ4n) is 4.11. The molecule has 202 valence electrons. The van der Waals surface area contributed by atoms with Gasteiger partial charge in [-0.15, -0.1) is 0 Å². The third-order valence-corrected chi connectivity index (χ3v) is 8.35. The molecule has 1 aromatic heterocycles. The molecule has 1 aliphatic heterocycles. The zero-order valence-electron chi connectivity index (χ0n) is 21.6. The van der Waals surface area contributed by atoms with E-state index in [0.717, 1.165) is 29.0 Å². The Morgan fingerprint density at radius 3 is 2.58 bits per heavy atom. The average Bonchev–Trinajstić information content (AvgIpc) is 3.28. The second-order valence-corrected chi connectivity index (χ2v) is 11.0. The Bertz CT molecular complexity index is 1300. The zero-order chi connectivity index (χ0) is 27.1. The van der Waals surface area contributed by atoms with Crippen molar-refractivity contribution in [1.82, 2.24) is 4.98 Å². The van der Waals surface area contributed by atoms with Gasteiger partial charge in [-0.2, -0.15) is 0 Å². The monoisotopic (exact) mass is 557 g/mol. The maximum atomic E-state index is 13.3. The van der Waals surface area contributed by atoms with E-state index in [-0.39, 0.29) is 5.91 Å². The molecule has 2 aromatic carbocycles. The van der Waals surface area contributed by atoms with Crippen molar-refractivity contribution in [3.05, 3.63) is 53.7 Å². The Kier molecular flexibility index (Phi) is 9.48. The highest BCUT2D eigenvalue weighted by Crippen LogP contribution is 2.36. The summed E-state index contributed by atoms with van der Waals surface area (Å²) in [6.45, 7) is 5.32. The number of esters is 1. The number of hydrogen-bond acceptors (Lipinski definition) is 8. The lowest BCUT2D eigenvalue weighted by Crippen LogP contribution is -2.22. The number of methoxy groups -OCH3 is 1. The molecule has 0 bridgehead atoms. The number of benzene rings is 2. The molecule has 1 aliphatic rings. The van der Waals surface area contributed by atoms with Crippen LogP contribution in [0.1, 0.15) is 42.2 Å². The number of anilines is 2. The second kappa shape index (κ2) is 13.0. The normalized spacial score (nSPS) is 14.5. The van der Waals surface area contributed by atoms with E-state index in [1.807, 2.05) is 13.0 Å². The third kappa shape index (κ3) is 6.97. The lowest BCUT2D eigenvalue weighted by molar-refractivity contribution is -0.117. The van der Waals surface area contributed by atoms with E-state index in [1.165, 1.54) is 18.4 Å². The molecule has 1 amide bonds. The molecule has 38 heavy (non-hydrogen) atoms. The Balaban J connectivity index is 1.48. The molecular formula is C27H31N3O6S2. The van der Waals surface area contributed by atoms with Crippen LogP contribution in [-0.2, 0) is 25.3 Å². The molecule has 0 aliphatic carbocycles. The van der Waals surface area contributed by atoms with Gasteiger partial charge in [-0.3, -0.25) is 4.79 Å². The summed E-state index contributed by atoms with van der Waals surface area (Å²) in [7, 11) is -0.129. The molecule has 1 atom stereocenters. The molecule has 0 spiro atoms. The topological polar surface area (TPSA) is 116 Å². The number of carbonyl (C=O) groups excluding carboxylic acids is 2. The van der Waals surface area contributed by atoms with Crippen LogP contribution in [0.15, 0.2) is 47.4 Å². The van der Waals surface area contributed by atoms with Crippen molar-refractivity contribution < 1.29 is 28.0 Å². The SMILES string of the molecule is CCOC(=O)c1ccc(NS(=O)c2cc(-c3sc(NC(=O)CC4CCOCC4)nc3C)ccc2OC)cc1. The summed E-state index contributed by atoms with van der Waals surface area (Å²) in [5.41, 5.74) is 2.57. The van der Waals surface area contributed by atoms with Gasteiger partial charge in [0.2, 0.25) is 5.91 Å². The van der Waals surface area contributed by atoms with Crippen molar-refractivity contribution in [3.8, 4) is 16.2 Å². The van der Waals surface area contributed by atoms with Crippen LogP contribution >= 0.6 is 11.3 Å². The van der Waals surface area contributed by atoms with E-state index in [4.69, 9.17) is 14.2 Å². The quantitative estimate of drug-likeness (QED) is 0.330. The summed E-state index contributed by atoms with van der Waals surface area (Å²) in [6.07, 6.45) is 2.24. The van der Waals surface area contributed by atoms with Gasteiger partial charge in [-0.25, -0.2) is 14.0 Å². The van der Waals surface area contributed by atoms with Gasteiger partial charge in [-0.1, -0.05) is 11.3 Å². The maximum absolute atomic E-state index is 13.3. The van der Waals surface area contributed by atoms with Crippen LogP contribution in [-0.4, -0.2) is 48.0 Å². The largest absolute Gasteiger partial charge is 0.495 e. The first-order chi connectivity index (χ1) is 18.4. The smallest absolute Gasteiger partial charge is 0.338 e. The van der Waals surface area contributed by atoms with Gasteiger partial charge in [0.25, 0.3) is 0 Å². The van der Waals surface area contributed by atoms with Crippen LogP contribution in [0, 0.1) is 12.8 Å². The average molecular weight is 558 g/mol. The van der Waals surface area contributed by atoms with Gasteiger partial charge in [-0.05, 0) is 80.6 Å². The first-order valence-corrected chi connectivity index (χ1v) is 14.3. The Morgan fingerprint density at radius 2 is 1.89 bits per heavy atom. The highest BCUT2D eigenvalue weighted by Gasteiger charge is 2.20. The number of hydrogen-bond donors (Lipinski definition) is 2. The standard InChI is InChI=1S/C27H31N3O6S2/c1-4-36-26(32)19-5-8-21(9-6-19)30-38(33)23-16-20(7-10-22(23)34-3)25-17(2)28-27(37-25)29-24(31)15-18-11-13-35-14-12-18/h5-10,16,18,30H,4,11-15H2,1-3H3,(H,28,29,31). The Morgan fingerprint density at radius 1 is 1.16 bits per heavy atom. The number of aryl methyl sites for hydroxylation is 1. The summed E-state index contributed by atoms with van der Waals surface area (Å²) in [5.74, 6) is 0.340. The molecule has 1 fully saturated rings. The van der Waals surface area contributed by atoms with E-state index in [0.29, 0.717) is 59.2 Å².